The fraction of sp³-hybridized carbons (Fsp3) is 0.312. The lowest BCUT2D eigenvalue weighted by Crippen LogP contribution is -2.32. The summed E-state index contributed by atoms with van der Waals surface area (Å²) in [5.74, 6) is 1.02. The van der Waals surface area contributed by atoms with E-state index in [0.717, 1.165) is 17.0 Å². The Labute approximate surface area is 148 Å². The van der Waals surface area contributed by atoms with Gasteiger partial charge >= 0.3 is 0 Å². The standard InChI is InChI=1S/C16H17ClN4O2S/c1-16(2,9-17)13(22)18-14-19-15-21(20-14)11(8-24-15)10-6-4-5-7-12(10)23-3/h4-8H,9H2,1-3H3,(H,18,20,22). The van der Waals surface area contributed by atoms with Crippen molar-refractivity contribution in [2.75, 3.05) is 18.3 Å². The summed E-state index contributed by atoms with van der Waals surface area (Å²) in [4.78, 5) is 17.3. The number of carbonyl (C=O) groups excluding carboxylic acids is 1. The van der Waals surface area contributed by atoms with Gasteiger partial charge in [-0.25, -0.2) is 4.52 Å². The second-order valence-electron chi connectivity index (χ2n) is 5.92. The summed E-state index contributed by atoms with van der Waals surface area (Å²) in [6, 6.07) is 7.69. The van der Waals surface area contributed by atoms with Crippen molar-refractivity contribution in [2.45, 2.75) is 13.8 Å². The van der Waals surface area contributed by atoms with E-state index in [1.165, 1.54) is 11.3 Å². The van der Waals surface area contributed by atoms with Crippen molar-refractivity contribution < 1.29 is 9.53 Å². The van der Waals surface area contributed by atoms with E-state index >= 15 is 0 Å². The number of alkyl halides is 1. The van der Waals surface area contributed by atoms with Crippen molar-refractivity contribution in [2.24, 2.45) is 5.41 Å². The van der Waals surface area contributed by atoms with Crippen LogP contribution in [0.25, 0.3) is 16.2 Å². The maximum atomic E-state index is 12.2. The molecule has 0 aliphatic heterocycles. The molecule has 126 valence electrons. The number of nitrogens with one attached hydrogen (secondary N) is 1. The average molecular weight is 365 g/mol. The Morgan fingerprint density at radius 3 is 2.88 bits per heavy atom. The molecular weight excluding hydrogens is 348 g/mol. The molecule has 3 aromatic rings. The molecule has 0 aliphatic carbocycles. The van der Waals surface area contributed by atoms with Crippen LogP contribution in [0.1, 0.15) is 13.8 Å². The molecular formula is C16H17ClN4O2S. The number of hydrogen-bond donors (Lipinski definition) is 1. The smallest absolute Gasteiger partial charge is 0.250 e. The molecule has 8 heteroatoms. The molecule has 0 spiro atoms. The van der Waals surface area contributed by atoms with Gasteiger partial charge in [0.1, 0.15) is 5.75 Å². The summed E-state index contributed by atoms with van der Waals surface area (Å²) in [6.45, 7) is 3.54. The van der Waals surface area contributed by atoms with E-state index in [2.05, 4.69) is 15.4 Å². The van der Waals surface area contributed by atoms with Gasteiger partial charge in [-0.15, -0.1) is 28.0 Å². The number of hydrogen-bond acceptors (Lipinski definition) is 5. The van der Waals surface area contributed by atoms with Crippen LogP contribution in [-0.4, -0.2) is 33.5 Å². The summed E-state index contributed by atoms with van der Waals surface area (Å²) >= 11 is 7.28. The van der Waals surface area contributed by atoms with E-state index in [1.54, 1.807) is 25.5 Å². The lowest BCUT2D eigenvalue weighted by Gasteiger charge is -2.18. The molecule has 2 aromatic heterocycles. The predicted molar refractivity (Wildman–Crippen MR) is 96.0 cm³/mol. The molecule has 1 N–H and O–H groups in total. The average Bonchev–Trinajstić information content (AvgIpc) is 3.14. The first kappa shape index (κ1) is 16.7. The molecule has 0 atom stereocenters. The molecule has 0 fully saturated rings. The lowest BCUT2D eigenvalue weighted by atomic mass is 9.95. The van der Waals surface area contributed by atoms with E-state index in [9.17, 15) is 4.79 Å². The number of thiazole rings is 1. The Balaban J connectivity index is 1.97. The topological polar surface area (TPSA) is 68.5 Å². The largest absolute Gasteiger partial charge is 0.496 e. The second kappa shape index (κ2) is 6.41. The molecule has 3 rings (SSSR count). The minimum atomic E-state index is -0.689. The van der Waals surface area contributed by atoms with Gasteiger partial charge in [-0.2, -0.15) is 4.98 Å². The van der Waals surface area contributed by atoms with Gasteiger partial charge in [-0.1, -0.05) is 12.1 Å². The highest BCUT2D eigenvalue weighted by molar-refractivity contribution is 7.15. The highest BCUT2D eigenvalue weighted by Gasteiger charge is 2.28. The van der Waals surface area contributed by atoms with E-state index in [0.29, 0.717) is 4.96 Å². The molecule has 0 saturated heterocycles. The monoisotopic (exact) mass is 364 g/mol. The van der Waals surface area contributed by atoms with Crippen molar-refractivity contribution in [3.63, 3.8) is 0 Å². The summed E-state index contributed by atoms with van der Waals surface area (Å²) in [5.41, 5.74) is 1.08. The number of methoxy groups -OCH3 is 1. The third kappa shape index (κ3) is 2.97. The fourth-order valence-corrected chi connectivity index (χ4v) is 3.05. The zero-order valence-corrected chi connectivity index (χ0v) is 15.1. The molecule has 1 aromatic carbocycles. The number of aromatic nitrogens is 3. The molecule has 0 aliphatic rings. The van der Waals surface area contributed by atoms with E-state index < -0.39 is 5.41 Å². The summed E-state index contributed by atoms with van der Waals surface area (Å²) in [6.07, 6.45) is 0. The van der Waals surface area contributed by atoms with Gasteiger partial charge in [-0.05, 0) is 26.0 Å². The van der Waals surface area contributed by atoms with Crippen LogP contribution < -0.4 is 10.1 Å². The van der Waals surface area contributed by atoms with Crippen LogP contribution in [0.5, 0.6) is 5.75 Å². The molecule has 0 saturated carbocycles. The van der Waals surface area contributed by atoms with Crippen molar-refractivity contribution in [1.29, 1.82) is 0 Å². The van der Waals surface area contributed by atoms with Crippen LogP contribution in [0.15, 0.2) is 29.6 Å². The first-order valence-corrected chi connectivity index (χ1v) is 8.73. The van der Waals surface area contributed by atoms with Crippen molar-refractivity contribution >= 4 is 39.8 Å². The fourth-order valence-electron chi connectivity index (χ4n) is 2.11. The molecule has 24 heavy (non-hydrogen) atoms. The third-order valence-corrected chi connectivity index (χ3v) is 5.12. The van der Waals surface area contributed by atoms with Crippen LogP contribution in [0.4, 0.5) is 5.95 Å². The minimum absolute atomic E-state index is 0.213. The number of fused-ring (bicyclic) bond motifs is 1. The van der Waals surface area contributed by atoms with Crippen LogP contribution in [0.2, 0.25) is 0 Å². The summed E-state index contributed by atoms with van der Waals surface area (Å²) in [7, 11) is 1.63. The predicted octanol–water partition coefficient (Wildman–Crippen LogP) is 3.67. The maximum Gasteiger partial charge on any atom is 0.250 e. The Hall–Kier alpha value is -2.12. The number of carbonyl (C=O) groups is 1. The number of anilines is 1. The molecule has 0 radical (unpaired) electrons. The van der Waals surface area contributed by atoms with Crippen molar-refractivity contribution in [1.82, 2.24) is 14.6 Å². The summed E-state index contributed by atoms with van der Waals surface area (Å²) < 4.78 is 7.11. The number of halogens is 1. The molecule has 2 heterocycles. The van der Waals surface area contributed by atoms with Gasteiger partial charge in [0, 0.05) is 16.8 Å². The van der Waals surface area contributed by atoms with Crippen LogP contribution in [-0.2, 0) is 4.79 Å². The van der Waals surface area contributed by atoms with E-state index in [1.807, 2.05) is 29.6 Å². The highest BCUT2D eigenvalue weighted by atomic mass is 35.5. The molecule has 0 unspecified atom stereocenters. The quantitative estimate of drug-likeness (QED) is 0.701. The number of ether oxygens (including phenoxy) is 1. The van der Waals surface area contributed by atoms with E-state index in [-0.39, 0.29) is 17.7 Å². The minimum Gasteiger partial charge on any atom is -0.496 e. The van der Waals surface area contributed by atoms with Gasteiger partial charge in [0.2, 0.25) is 16.8 Å². The SMILES string of the molecule is COc1ccccc1-c1csc2nc(NC(=O)C(C)(C)CCl)nn12. The van der Waals surface area contributed by atoms with Gasteiger partial charge in [0.15, 0.2) is 0 Å². The normalized spacial score (nSPS) is 11.7. The zero-order valence-electron chi connectivity index (χ0n) is 13.5. The lowest BCUT2D eigenvalue weighted by molar-refractivity contribution is -0.123. The number of nitrogens with zero attached hydrogens (tertiary/aromatic N) is 3. The third-order valence-electron chi connectivity index (χ3n) is 3.64. The number of amides is 1. The molecule has 0 bridgehead atoms. The number of para-hydroxylation sites is 1. The Bertz CT molecular complexity index is 887. The summed E-state index contributed by atoms with van der Waals surface area (Å²) in [5, 5.41) is 9.08. The van der Waals surface area contributed by atoms with Crippen LogP contribution in [0.3, 0.4) is 0 Å². The molecule has 6 nitrogen and oxygen atoms in total. The second-order valence-corrected chi connectivity index (χ2v) is 7.03. The number of rotatable bonds is 5. The first-order chi connectivity index (χ1) is 11.5. The van der Waals surface area contributed by atoms with Gasteiger partial charge in [-0.3, -0.25) is 10.1 Å². The van der Waals surface area contributed by atoms with Gasteiger partial charge in [0.05, 0.1) is 18.2 Å². The van der Waals surface area contributed by atoms with Crippen LogP contribution in [0, 0.1) is 5.41 Å². The van der Waals surface area contributed by atoms with Crippen LogP contribution >= 0.6 is 22.9 Å². The Kier molecular flexibility index (Phi) is 4.47. The Morgan fingerprint density at radius 2 is 2.17 bits per heavy atom. The van der Waals surface area contributed by atoms with E-state index in [4.69, 9.17) is 16.3 Å². The first-order valence-electron chi connectivity index (χ1n) is 7.31. The Morgan fingerprint density at radius 1 is 1.42 bits per heavy atom. The van der Waals surface area contributed by atoms with Gasteiger partial charge in [0.25, 0.3) is 0 Å². The van der Waals surface area contributed by atoms with Gasteiger partial charge < -0.3 is 4.74 Å². The zero-order chi connectivity index (χ0) is 17.3. The maximum absolute atomic E-state index is 12.2. The van der Waals surface area contributed by atoms with Crippen molar-refractivity contribution in [3.05, 3.63) is 29.6 Å². The molecule has 1 amide bonds. The van der Waals surface area contributed by atoms with Crippen molar-refractivity contribution in [3.8, 4) is 17.0 Å². The highest BCUT2D eigenvalue weighted by Crippen LogP contribution is 2.32. The number of benzene rings is 1.